The summed E-state index contributed by atoms with van der Waals surface area (Å²) < 4.78 is 52.1. The number of ether oxygens (including phenoxy) is 2. The van der Waals surface area contributed by atoms with Gasteiger partial charge in [-0.2, -0.15) is 18.4 Å². The molecule has 2 unspecified atom stereocenters. The Balaban J connectivity index is 1.99. The highest BCUT2D eigenvalue weighted by Crippen LogP contribution is 2.49. The molecule has 0 aromatic heterocycles. The SMILES string of the molecule is CC1=NC(C(F)(F)F)=C(OC(=O)OC(C)C)C(c2cccc3c2-c2ccccc2C3=O)C1C#N. The molecule has 2 aromatic carbocycles. The van der Waals surface area contributed by atoms with Crippen LogP contribution in [-0.2, 0) is 9.47 Å². The Morgan fingerprint density at radius 2 is 1.74 bits per heavy atom. The van der Waals surface area contributed by atoms with Gasteiger partial charge in [0.15, 0.2) is 17.2 Å². The molecule has 0 saturated heterocycles. The molecule has 2 aliphatic rings. The Morgan fingerprint density at radius 3 is 2.35 bits per heavy atom. The first-order valence-corrected chi connectivity index (χ1v) is 10.5. The van der Waals surface area contributed by atoms with Gasteiger partial charge in [-0.25, -0.2) is 9.79 Å². The van der Waals surface area contributed by atoms with E-state index in [4.69, 9.17) is 9.47 Å². The van der Waals surface area contributed by atoms with E-state index in [-0.39, 0.29) is 17.1 Å². The summed E-state index contributed by atoms with van der Waals surface area (Å²) in [6.45, 7) is 4.36. The summed E-state index contributed by atoms with van der Waals surface area (Å²) in [4.78, 5) is 28.9. The molecule has 9 heteroatoms. The van der Waals surface area contributed by atoms with Gasteiger partial charge in [-0.05, 0) is 37.5 Å². The number of nitriles is 1. The molecule has 0 spiro atoms. The maximum absolute atomic E-state index is 14.0. The summed E-state index contributed by atoms with van der Waals surface area (Å²) in [5.41, 5.74) is 0.396. The third kappa shape index (κ3) is 3.85. The average Bonchev–Trinajstić information content (AvgIpc) is 3.06. The molecule has 0 fully saturated rings. The first-order valence-electron chi connectivity index (χ1n) is 10.5. The van der Waals surface area contributed by atoms with E-state index in [1.165, 1.54) is 32.9 Å². The highest BCUT2D eigenvalue weighted by molar-refractivity contribution is 6.22. The Bertz CT molecular complexity index is 1300. The molecular formula is C25H19F3N2O4. The number of carbonyl (C=O) groups excluding carboxylic acids is 2. The van der Waals surface area contributed by atoms with Gasteiger partial charge in [0.2, 0.25) is 0 Å². The molecule has 1 aliphatic heterocycles. The van der Waals surface area contributed by atoms with Gasteiger partial charge in [-0.1, -0.05) is 42.5 Å². The molecule has 2 aromatic rings. The number of hydrogen-bond donors (Lipinski definition) is 0. The molecule has 0 radical (unpaired) electrons. The number of aliphatic imine (C=N–C) groups is 1. The van der Waals surface area contributed by atoms with Crippen LogP contribution in [-0.4, -0.2) is 29.9 Å². The van der Waals surface area contributed by atoms with Crippen molar-refractivity contribution in [3.63, 3.8) is 0 Å². The monoisotopic (exact) mass is 468 g/mol. The number of halogens is 3. The largest absolute Gasteiger partial charge is 0.513 e. The molecular weight excluding hydrogens is 449 g/mol. The standard InChI is InChI=1S/C25H19F3N2O4/c1-12(2)33-24(32)34-22-20(18(11-29)13(3)30-23(22)25(26,27)28)16-9-6-10-17-19(16)14-7-4-5-8-15(14)21(17)31/h4-10,12,18,20H,1-3H3. The van der Waals surface area contributed by atoms with Crippen molar-refractivity contribution in [1.29, 1.82) is 5.26 Å². The fraction of sp³-hybridized carbons (Fsp3) is 0.280. The number of benzene rings is 2. The molecule has 6 nitrogen and oxygen atoms in total. The van der Waals surface area contributed by atoms with E-state index in [9.17, 15) is 28.0 Å². The number of allylic oxidation sites excluding steroid dienone is 2. The third-order valence-electron chi connectivity index (χ3n) is 5.64. The minimum Gasteiger partial charge on any atom is -0.431 e. The van der Waals surface area contributed by atoms with Crippen LogP contribution in [0.15, 0.2) is 58.9 Å². The van der Waals surface area contributed by atoms with E-state index < -0.39 is 41.7 Å². The fourth-order valence-electron chi connectivity index (χ4n) is 4.31. The summed E-state index contributed by atoms with van der Waals surface area (Å²) in [5.74, 6) is -3.64. The Labute approximate surface area is 193 Å². The number of rotatable bonds is 3. The van der Waals surface area contributed by atoms with Crippen LogP contribution in [0.2, 0.25) is 0 Å². The number of nitrogens with zero attached hydrogens (tertiary/aromatic N) is 2. The lowest BCUT2D eigenvalue weighted by Gasteiger charge is -2.31. The lowest BCUT2D eigenvalue weighted by Crippen LogP contribution is -2.32. The van der Waals surface area contributed by atoms with Gasteiger partial charge in [0.1, 0.15) is 0 Å². The third-order valence-corrected chi connectivity index (χ3v) is 5.64. The van der Waals surface area contributed by atoms with Crippen molar-refractivity contribution >= 4 is 17.7 Å². The molecule has 174 valence electrons. The van der Waals surface area contributed by atoms with Gasteiger partial charge in [0.05, 0.1) is 24.0 Å². The Morgan fingerprint density at radius 1 is 1.09 bits per heavy atom. The maximum Gasteiger partial charge on any atom is 0.513 e. The van der Waals surface area contributed by atoms with Crippen molar-refractivity contribution in [2.45, 2.75) is 39.0 Å². The summed E-state index contributed by atoms with van der Waals surface area (Å²) in [6.07, 6.45) is -6.96. The lowest BCUT2D eigenvalue weighted by atomic mass is 9.77. The molecule has 4 rings (SSSR count). The van der Waals surface area contributed by atoms with Gasteiger partial charge >= 0.3 is 12.3 Å². The molecule has 1 aliphatic carbocycles. The molecule has 0 bridgehead atoms. The van der Waals surface area contributed by atoms with Crippen molar-refractivity contribution in [2.24, 2.45) is 10.9 Å². The van der Waals surface area contributed by atoms with E-state index in [2.05, 4.69) is 4.99 Å². The molecule has 2 atom stereocenters. The topological polar surface area (TPSA) is 88.8 Å². The van der Waals surface area contributed by atoms with Crippen molar-refractivity contribution in [3.05, 3.63) is 70.6 Å². The van der Waals surface area contributed by atoms with Crippen LogP contribution < -0.4 is 0 Å². The minimum absolute atomic E-state index is 0.0837. The number of ketones is 1. The summed E-state index contributed by atoms with van der Waals surface area (Å²) >= 11 is 0. The maximum atomic E-state index is 14.0. The van der Waals surface area contributed by atoms with Crippen LogP contribution >= 0.6 is 0 Å². The van der Waals surface area contributed by atoms with Crippen LogP contribution in [0.5, 0.6) is 0 Å². The second-order valence-corrected chi connectivity index (χ2v) is 8.21. The Hall–Kier alpha value is -3.93. The van der Waals surface area contributed by atoms with Crippen LogP contribution in [0, 0.1) is 17.2 Å². The molecule has 0 amide bonds. The molecule has 0 saturated carbocycles. The zero-order chi connectivity index (χ0) is 24.8. The quantitative estimate of drug-likeness (QED) is 0.445. The highest BCUT2D eigenvalue weighted by Gasteiger charge is 2.48. The second-order valence-electron chi connectivity index (χ2n) is 8.21. The van der Waals surface area contributed by atoms with E-state index >= 15 is 0 Å². The number of hydrogen-bond acceptors (Lipinski definition) is 6. The van der Waals surface area contributed by atoms with Gasteiger partial charge in [-0.15, -0.1) is 0 Å². The zero-order valence-electron chi connectivity index (χ0n) is 18.4. The van der Waals surface area contributed by atoms with E-state index in [1.54, 1.807) is 30.3 Å². The smallest absolute Gasteiger partial charge is 0.431 e. The summed E-state index contributed by atoms with van der Waals surface area (Å²) in [6, 6.07) is 13.4. The predicted molar refractivity (Wildman–Crippen MR) is 116 cm³/mol. The molecule has 34 heavy (non-hydrogen) atoms. The predicted octanol–water partition coefficient (Wildman–Crippen LogP) is 5.93. The molecule has 0 N–H and O–H groups in total. The normalized spacial score (nSPS) is 19.4. The van der Waals surface area contributed by atoms with Crippen LogP contribution in [0.25, 0.3) is 11.1 Å². The fourth-order valence-corrected chi connectivity index (χ4v) is 4.31. The van der Waals surface area contributed by atoms with Crippen molar-refractivity contribution in [1.82, 2.24) is 0 Å². The molecule has 1 heterocycles. The van der Waals surface area contributed by atoms with E-state index in [1.807, 2.05) is 6.07 Å². The van der Waals surface area contributed by atoms with Gasteiger partial charge in [0.25, 0.3) is 0 Å². The van der Waals surface area contributed by atoms with Crippen molar-refractivity contribution in [3.8, 4) is 17.2 Å². The van der Waals surface area contributed by atoms with Gasteiger partial charge in [-0.3, -0.25) is 4.79 Å². The van der Waals surface area contributed by atoms with Crippen molar-refractivity contribution < 1.29 is 32.2 Å². The van der Waals surface area contributed by atoms with Gasteiger partial charge in [0, 0.05) is 16.8 Å². The Kier molecular flexibility index (Phi) is 5.77. The summed E-state index contributed by atoms with van der Waals surface area (Å²) in [5, 5.41) is 9.90. The first-order chi connectivity index (χ1) is 16.0. The van der Waals surface area contributed by atoms with Crippen molar-refractivity contribution in [2.75, 3.05) is 0 Å². The highest BCUT2D eigenvalue weighted by atomic mass is 19.4. The van der Waals surface area contributed by atoms with Crippen LogP contribution in [0.4, 0.5) is 18.0 Å². The van der Waals surface area contributed by atoms with Gasteiger partial charge < -0.3 is 9.47 Å². The number of fused-ring (bicyclic) bond motifs is 3. The average molecular weight is 468 g/mol. The summed E-state index contributed by atoms with van der Waals surface area (Å²) in [7, 11) is 0. The lowest BCUT2D eigenvalue weighted by molar-refractivity contribution is -0.0968. The first kappa shape index (κ1) is 23.2. The van der Waals surface area contributed by atoms with Crippen LogP contribution in [0.3, 0.4) is 0 Å². The zero-order valence-corrected chi connectivity index (χ0v) is 18.4. The second kappa shape index (κ2) is 8.45. The number of carbonyl (C=O) groups is 2. The van der Waals surface area contributed by atoms with Crippen LogP contribution in [0.1, 0.15) is 48.2 Å². The number of alkyl halides is 3. The van der Waals surface area contributed by atoms with E-state index in [0.29, 0.717) is 22.3 Å². The minimum atomic E-state index is -4.97. The van der Waals surface area contributed by atoms with E-state index in [0.717, 1.165) is 0 Å².